The maximum atomic E-state index is 13.4. The van der Waals surface area contributed by atoms with Crippen LogP contribution in [0.5, 0.6) is 0 Å². The van der Waals surface area contributed by atoms with Gasteiger partial charge in [0.2, 0.25) is 0 Å². The summed E-state index contributed by atoms with van der Waals surface area (Å²) < 4.78 is 21.2. The van der Waals surface area contributed by atoms with Crippen LogP contribution in [-0.4, -0.2) is 49.3 Å². The van der Waals surface area contributed by atoms with Gasteiger partial charge in [-0.05, 0) is 84.3 Å². The third-order valence-corrected chi connectivity index (χ3v) is 7.14. The highest BCUT2D eigenvalue weighted by molar-refractivity contribution is 5.82. The molecule has 1 aliphatic heterocycles. The van der Waals surface area contributed by atoms with E-state index in [1.165, 1.54) is 12.1 Å². The molecule has 5 rings (SSSR count). The van der Waals surface area contributed by atoms with Crippen molar-refractivity contribution < 1.29 is 9.13 Å². The second kappa shape index (κ2) is 10.9. The summed E-state index contributed by atoms with van der Waals surface area (Å²) in [5.41, 5.74) is 4.61. The molecule has 1 aliphatic rings. The van der Waals surface area contributed by atoms with Gasteiger partial charge in [0, 0.05) is 25.3 Å². The highest BCUT2D eigenvalue weighted by Crippen LogP contribution is 2.27. The second-order valence-electron chi connectivity index (χ2n) is 9.98. The highest BCUT2D eigenvalue weighted by atomic mass is 19.1. The lowest BCUT2D eigenvalue weighted by Crippen LogP contribution is -2.37. The molecule has 0 spiro atoms. The molecule has 2 aromatic heterocycles. The monoisotopic (exact) mass is 504 g/mol. The number of aryl methyl sites for hydroxylation is 2. The van der Waals surface area contributed by atoms with Gasteiger partial charge in [0.05, 0.1) is 24.2 Å². The molecule has 0 bridgehead atoms. The first-order chi connectivity index (χ1) is 17.9. The topological polar surface area (TPSA) is 88.9 Å². The summed E-state index contributed by atoms with van der Waals surface area (Å²) in [6.07, 6.45) is 2.87. The lowest BCUT2D eigenvalue weighted by molar-refractivity contribution is 0.0489. The Morgan fingerprint density at radius 3 is 2.76 bits per heavy atom. The van der Waals surface area contributed by atoms with E-state index in [4.69, 9.17) is 4.74 Å². The van der Waals surface area contributed by atoms with Crippen molar-refractivity contribution in [2.45, 2.75) is 65.3 Å². The molecule has 0 aliphatic carbocycles. The lowest BCUT2D eigenvalue weighted by Gasteiger charge is -2.32. The molecule has 4 aromatic rings. The van der Waals surface area contributed by atoms with Crippen LogP contribution in [0.25, 0.3) is 10.9 Å². The summed E-state index contributed by atoms with van der Waals surface area (Å²) in [5, 5.41) is 13.6. The van der Waals surface area contributed by atoms with Gasteiger partial charge in [-0.2, -0.15) is 0 Å². The summed E-state index contributed by atoms with van der Waals surface area (Å²) >= 11 is 0. The maximum Gasteiger partial charge on any atom is 0.252 e. The summed E-state index contributed by atoms with van der Waals surface area (Å²) in [5.74, 6) is 0.439. The van der Waals surface area contributed by atoms with Gasteiger partial charge in [-0.1, -0.05) is 30.7 Å². The van der Waals surface area contributed by atoms with E-state index in [1.54, 1.807) is 16.8 Å². The molecular formula is C28H33FN6O2. The summed E-state index contributed by atoms with van der Waals surface area (Å²) in [7, 11) is 0. The SMILES string of the molecule is CC[C@H](c1nnnn1Cc1ccc(F)cc1)N(Cc1cc2cc(C)cc(C)c2[nH]c1=O)C[C@@H]1CCCO1. The van der Waals surface area contributed by atoms with Crippen LogP contribution in [0.4, 0.5) is 4.39 Å². The zero-order valence-electron chi connectivity index (χ0n) is 21.6. The Labute approximate surface area is 215 Å². The lowest BCUT2D eigenvalue weighted by atomic mass is 10.0. The number of aromatic amines is 1. The normalized spacial score (nSPS) is 16.6. The van der Waals surface area contributed by atoms with Crippen molar-refractivity contribution in [1.29, 1.82) is 0 Å². The molecule has 8 nitrogen and oxygen atoms in total. The van der Waals surface area contributed by atoms with E-state index >= 15 is 0 Å². The number of rotatable bonds is 9. The van der Waals surface area contributed by atoms with Gasteiger partial charge < -0.3 is 9.72 Å². The van der Waals surface area contributed by atoms with Gasteiger partial charge >= 0.3 is 0 Å². The van der Waals surface area contributed by atoms with Crippen LogP contribution in [0.1, 0.15) is 60.3 Å². The van der Waals surface area contributed by atoms with Crippen LogP contribution in [0, 0.1) is 19.7 Å². The van der Waals surface area contributed by atoms with Crippen LogP contribution in [0.3, 0.4) is 0 Å². The fourth-order valence-corrected chi connectivity index (χ4v) is 5.35. The minimum atomic E-state index is -0.277. The number of fused-ring (bicyclic) bond motifs is 1. The minimum Gasteiger partial charge on any atom is -0.377 e. The van der Waals surface area contributed by atoms with Gasteiger partial charge in [-0.3, -0.25) is 9.69 Å². The summed E-state index contributed by atoms with van der Waals surface area (Å²) in [6, 6.07) is 12.4. The van der Waals surface area contributed by atoms with E-state index in [1.807, 2.05) is 13.0 Å². The Bertz CT molecular complexity index is 1430. The van der Waals surface area contributed by atoms with Gasteiger partial charge in [0.1, 0.15) is 5.82 Å². The predicted molar refractivity (Wildman–Crippen MR) is 140 cm³/mol. The van der Waals surface area contributed by atoms with Crippen molar-refractivity contribution in [3.63, 3.8) is 0 Å². The van der Waals surface area contributed by atoms with Crippen molar-refractivity contribution in [1.82, 2.24) is 30.1 Å². The van der Waals surface area contributed by atoms with Crippen molar-refractivity contribution in [3.05, 3.63) is 86.7 Å². The molecule has 0 radical (unpaired) electrons. The number of ether oxygens (including phenoxy) is 1. The number of hydrogen-bond acceptors (Lipinski definition) is 6. The number of hydrogen-bond donors (Lipinski definition) is 1. The Balaban J connectivity index is 1.49. The molecule has 9 heteroatoms. The van der Waals surface area contributed by atoms with E-state index in [-0.39, 0.29) is 23.5 Å². The zero-order chi connectivity index (χ0) is 25.9. The molecule has 1 fully saturated rings. The summed E-state index contributed by atoms with van der Waals surface area (Å²) in [4.78, 5) is 18.6. The first kappa shape index (κ1) is 25.2. The second-order valence-corrected chi connectivity index (χ2v) is 9.98. The van der Waals surface area contributed by atoms with Crippen molar-refractivity contribution in [2.75, 3.05) is 13.2 Å². The molecule has 0 saturated carbocycles. The number of aromatic nitrogens is 5. The first-order valence-corrected chi connectivity index (χ1v) is 12.9. The number of halogens is 1. The standard InChI is InChI=1S/C28H33FN6O2/c1-4-25(27-31-32-33-35(27)15-20-7-9-23(29)10-8-20)34(17-24-6-5-11-37-24)16-22-14-21-13-18(2)12-19(3)26(21)30-28(22)36/h7-10,12-14,24-25H,4-6,11,15-17H2,1-3H3,(H,30,36)/t24-,25+/m0/s1. The fourth-order valence-electron chi connectivity index (χ4n) is 5.35. The third kappa shape index (κ3) is 5.62. The summed E-state index contributed by atoms with van der Waals surface area (Å²) in [6.45, 7) is 8.49. The van der Waals surface area contributed by atoms with Crippen LogP contribution in [-0.2, 0) is 17.8 Å². The fraction of sp³-hybridized carbons (Fsp3) is 0.429. The minimum absolute atomic E-state index is 0.0856. The van der Waals surface area contributed by atoms with E-state index in [9.17, 15) is 9.18 Å². The van der Waals surface area contributed by atoms with Crippen LogP contribution in [0.2, 0.25) is 0 Å². The van der Waals surface area contributed by atoms with E-state index in [0.29, 0.717) is 31.0 Å². The third-order valence-electron chi connectivity index (χ3n) is 7.14. The molecule has 2 aromatic carbocycles. The Hall–Kier alpha value is -3.43. The molecule has 2 atom stereocenters. The average molecular weight is 505 g/mol. The number of pyridine rings is 1. The smallest absolute Gasteiger partial charge is 0.252 e. The van der Waals surface area contributed by atoms with Gasteiger partial charge in [-0.15, -0.1) is 5.10 Å². The molecular weight excluding hydrogens is 471 g/mol. The molecule has 37 heavy (non-hydrogen) atoms. The van der Waals surface area contributed by atoms with Crippen molar-refractivity contribution in [2.24, 2.45) is 0 Å². The van der Waals surface area contributed by atoms with Gasteiger partial charge in [0.15, 0.2) is 5.82 Å². The average Bonchev–Trinajstić information content (AvgIpc) is 3.55. The predicted octanol–water partition coefficient (Wildman–Crippen LogP) is 4.45. The number of tetrazole rings is 1. The number of nitrogens with one attached hydrogen (secondary N) is 1. The van der Waals surface area contributed by atoms with E-state index in [0.717, 1.165) is 53.5 Å². The van der Waals surface area contributed by atoms with Crippen molar-refractivity contribution in [3.8, 4) is 0 Å². The first-order valence-electron chi connectivity index (χ1n) is 12.9. The van der Waals surface area contributed by atoms with E-state index < -0.39 is 0 Å². The van der Waals surface area contributed by atoms with Crippen LogP contribution < -0.4 is 5.56 Å². The molecule has 0 amide bonds. The number of nitrogens with zero attached hydrogens (tertiary/aromatic N) is 5. The largest absolute Gasteiger partial charge is 0.377 e. The Morgan fingerprint density at radius 1 is 1.22 bits per heavy atom. The maximum absolute atomic E-state index is 13.4. The molecule has 1 N–H and O–H groups in total. The quantitative estimate of drug-likeness (QED) is 0.362. The molecule has 0 unspecified atom stereocenters. The number of benzene rings is 2. The van der Waals surface area contributed by atoms with E-state index in [2.05, 4.69) is 51.4 Å². The van der Waals surface area contributed by atoms with Crippen LogP contribution in [0.15, 0.2) is 47.3 Å². The zero-order valence-corrected chi connectivity index (χ0v) is 21.6. The number of H-pyrrole nitrogens is 1. The van der Waals surface area contributed by atoms with Gasteiger partial charge in [0.25, 0.3) is 5.56 Å². The highest BCUT2D eigenvalue weighted by Gasteiger charge is 2.29. The Morgan fingerprint density at radius 2 is 2.03 bits per heavy atom. The van der Waals surface area contributed by atoms with Crippen LogP contribution >= 0.6 is 0 Å². The Kier molecular flexibility index (Phi) is 7.43. The van der Waals surface area contributed by atoms with Crippen molar-refractivity contribution >= 4 is 10.9 Å². The molecule has 194 valence electrons. The molecule has 1 saturated heterocycles. The van der Waals surface area contributed by atoms with Gasteiger partial charge in [-0.25, -0.2) is 9.07 Å². The molecule has 3 heterocycles.